The van der Waals surface area contributed by atoms with Crippen molar-refractivity contribution in [1.82, 2.24) is 10.3 Å². The SMILES string of the molecule is COc1cc(N2CCNCC2)ccn1. The van der Waals surface area contributed by atoms with E-state index in [9.17, 15) is 0 Å². The van der Waals surface area contributed by atoms with Gasteiger partial charge >= 0.3 is 0 Å². The van der Waals surface area contributed by atoms with Crippen LogP contribution in [0.15, 0.2) is 18.3 Å². The Balaban J connectivity index is 2.13. The van der Waals surface area contributed by atoms with Crippen molar-refractivity contribution in [3.63, 3.8) is 0 Å². The van der Waals surface area contributed by atoms with E-state index in [0.29, 0.717) is 5.88 Å². The molecule has 0 spiro atoms. The van der Waals surface area contributed by atoms with Crippen molar-refractivity contribution in [2.75, 3.05) is 38.2 Å². The minimum absolute atomic E-state index is 0.682. The van der Waals surface area contributed by atoms with Gasteiger partial charge in [-0.3, -0.25) is 0 Å². The molecule has 76 valence electrons. The van der Waals surface area contributed by atoms with E-state index in [1.807, 2.05) is 12.1 Å². The lowest BCUT2D eigenvalue weighted by Crippen LogP contribution is -2.43. The van der Waals surface area contributed by atoms with E-state index in [1.165, 1.54) is 5.69 Å². The lowest BCUT2D eigenvalue weighted by molar-refractivity contribution is 0.397. The molecular weight excluding hydrogens is 178 g/mol. The summed E-state index contributed by atoms with van der Waals surface area (Å²) >= 11 is 0. The molecular formula is C10H15N3O. The van der Waals surface area contributed by atoms with Crippen LogP contribution in [-0.2, 0) is 0 Å². The van der Waals surface area contributed by atoms with Gasteiger partial charge < -0.3 is 15.0 Å². The summed E-state index contributed by atoms with van der Waals surface area (Å²) in [5, 5.41) is 3.32. The highest BCUT2D eigenvalue weighted by atomic mass is 16.5. The Hall–Kier alpha value is -1.29. The molecule has 2 heterocycles. The normalized spacial score (nSPS) is 16.8. The van der Waals surface area contributed by atoms with Crippen molar-refractivity contribution in [2.45, 2.75) is 0 Å². The molecule has 4 nitrogen and oxygen atoms in total. The first kappa shape index (κ1) is 9.27. The predicted molar refractivity (Wildman–Crippen MR) is 55.9 cm³/mol. The average molecular weight is 193 g/mol. The molecule has 0 aromatic carbocycles. The highest BCUT2D eigenvalue weighted by molar-refractivity contribution is 5.48. The fraction of sp³-hybridized carbons (Fsp3) is 0.500. The van der Waals surface area contributed by atoms with Gasteiger partial charge in [-0.1, -0.05) is 0 Å². The summed E-state index contributed by atoms with van der Waals surface area (Å²) in [7, 11) is 1.64. The van der Waals surface area contributed by atoms with E-state index >= 15 is 0 Å². The highest BCUT2D eigenvalue weighted by Crippen LogP contribution is 2.18. The number of aromatic nitrogens is 1. The van der Waals surface area contributed by atoms with E-state index < -0.39 is 0 Å². The highest BCUT2D eigenvalue weighted by Gasteiger charge is 2.10. The molecule has 1 saturated heterocycles. The number of hydrogen-bond acceptors (Lipinski definition) is 4. The number of hydrogen-bond donors (Lipinski definition) is 1. The summed E-state index contributed by atoms with van der Waals surface area (Å²) in [6.07, 6.45) is 1.79. The van der Waals surface area contributed by atoms with Gasteiger partial charge in [-0.05, 0) is 6.07 Å². The number of piperazine rings is 1. The van der Waals surface area contributed by atoms with Crippen LogP contribution in [0.3, 0.4) is 0 Å². The number of anilines is 1. The van der Waals surface area contributed by atoms with Gasteiger partial charge in [0, 0.05) is 44.1 Å². The second-order valence-electron chi connectivity index (χ2n) is 3.29. The number of pyridine rings is 1. The Bertz CT molecular complexity index is 297. The Morgan fingerprint density at radius 2 is 2.21 bits per heavy atom. The van der Waals surface area contributed by atoms with E-state index in [1.54, 1.807) is 13.3 Å². The topological polar surface area (TPSA) is 37.4 Å². The molecule has 1 aromatic heterocycles. The predicted octanol–water partition coefficient (Wildman–Crippen LogP) is 0.500. The van der Waals surface area contributed by atoms with Gasteiger partial charge in [-0.15, -0.1) is 0 Å². The summed E-state index contributed by atoms with van der Waals surface area (Å²) < 4.78 is 5.09. The fourth-order valence-electron chi connectivity index (χ4n) is 1.63. The third-order valence-corrected chi connectivity index (χ3v) is 2.41. The van der Waals surface area contributed by atoms with Gasteiger partial charge in [0.1, 0.15) is 0 Å². The monoisotopic (exact) mass is 193 g/mol. The molecule has 0 unspecified atom stereocenters. The zero-order valence-corrected chi connectivity index (χ0v) is 8.36. The molecule has 1 aliphatic heterocycles. The molecule has 1 aliphatic rings. The van der Waals surface area contributed by atoms with Crippen LogP contribution >= 0.6 is 0 Å². The van der Waals surface area contributed by atoms with Gasteiger partial charge in [0.25, 0.3) is 0 Å². The summed E-state index contributed by atoms with van der Waals surface area (Å²) in [6.45, 7) is 4.19. The maximum atomic E-state index is 5.09. The first-order valence-corrected chi connectivity index (χ1v) is 4.86. The lowest BCUT2D eigenvalue weighted by Gasteiger charge is -2.29. The van der Waals surface area contributed by atoms with Crippen LogP contribution in [0.2, 0.25) is 0 Å². The van der Waals surface area contributed by atoms with Crippen molar-refractivity contribution in [2.24, 2.45) is 0 Å². The molecule has 0 aliphatic carbocycles. The molecule has 0 saturated carbocycles. The van der Waals surface area contributed by atoms with Crippen LogP contribution < -0.4 is 15.0 Å². The molecule has 1 fully saturated rings. The Labute approximate surface area is 83.9 Å². The van der Waals surface area contributed by atoms with Crippen LogP contribution in [0, 0.1) is 0 Å². The molecule has 0 radical (unpaired) electrons. The molecule has 1 aromatic rings. The Kier molecular flexibility index (Phi) is 2.84. The van der Waals surface area contributed by atoms with Crippen molar-refractivity contribution >= 4 is 5.69 Å². The molecule has 14 heavy (non-hydrogen) atoms. The van der Waals surface area contributed by atoms with Gasteiger partial charge in [-0.2, -0.15) is 0 Å². The first-order valence-electron chi connectivity index (χ1n) is 4.86. The third kappa shape index (κ3) is 1.96. The van der Waals surface area contributed by atoms with E-state index in [4.69, 9.17) is 4.74 Å². The maximum absolute atomic E-state index is 5.09. The number of nitrogens with one attached hydrogen (secondary N) is 1. The van der Waals surface area contributed by atoms with E-state index in [0.717, 1.165) is 26.2 Å². The molecule has 1 N–H and O–H groups in total. The Morgan fingerprint density at radius 1 is 1.43 bits per heavy atom. The van der Waals surface area contributed by atoms with Crippen LogP contribution in [0.1, 0.15) is 0 Å². The third-order valence-electron chi connectivity index (χ3n) is 2.41. The molecule has 2 rings (SSSR count). The van der Waals surface area contributed by atoms with Gasteiger partial charge in [-0.25, -0.2) is 4.98 Å². The van der Waals surface area contributed by atoms with Crippen LogP contribution in [-0.4, -0.2) is 38.3 Å². The molecule has 0 bridgehead atoms. The maximum Gasteiger partial charge on any atom is 0.214 e. The van der Waals surface area contributed by atoms with Crippen LogP contribution in [0.25, 0.3) is 0 Å². The number of rotatable bonds is 2. The zero-order chi connectivity index (χ0) is 9.80. The molecule has 4 heteroatoms. The second-order valence-corrected chi connectivity index (χ2v) is 3.29. The quantitative estimate of drug-likeness (QED) is 0.742. The van der Waals surface area contributed by atoms with Crippen LogP contribution in [0.5, 0.6) is 5.88 Å². The Morgan fingerprint density at radius 3 is 2.93 bits per heavy atom. The van der Waals surface area contributed by atoms with Crippen molar-refractivity contribution in [3.8, 4) is 5.88 Å². The molecule has 0 amide bonds. The van der Waals surface area contributed by atoms with Gasteiger partial charge in [0.05, 0.1) is 7.11 Å². The van der Waals surface area contributed by atoms with Crippen molar-refractivity contribution < 1.29 is 4.74 Å². The van der Waals surface area contributed by atoms with E-state index in [2.05, 4.69) is 15.2 Å². The van der Waals surface area contributed by atoms with Gasteiger partial charge in [0.15, 0.2) is 0 Å². The second kappa shape index (κ2) is 4.28. The minimum Gasteiger partial charge on any atom is -0.481 e. The van der Waals surface area contributed by atoms with Crippen LogP contribution in [0.4, 0.5) is 5.69 Å². The lowest BCUT2D eigenvalue weighted by atomic mass is 10.3. The smallest absolute Gasteiger partial charge is 0.214 e. The number of ether oxygens (including phenoxy) is 1. The van der Waals surface area contributed by atoms with E-state index in [-0.39, 0.29) is 0 Å². The number of methoxy groups -OCH3 is 1. The zero-order valence-electron chi connectivity index (χ0n) is 8.36. The minimum atomic E-state index is 0.682. The first-order chi connectivity index (χ1) is 6.90. The van der Waals surface area contributed by atoms with Crippen molar-refractivity contribution in [3.05, 3.63) is 18.3 Å². The largest absolute Gasteiger partial charge is 0.481 e. The number of nitrogens with zero attached hydrogens (tertiary/aromatic N) is 2. The summed E-state index contributed by atoms with van der Waals surface area (Å²) in [5.74, 6) is 0.682. The fourth-order valence-corrected chi connectivity index (χ4v) is 1.63. The summed E-state index contributed by atoms with van der Waals surface area (Å²) in [4.78, 5) is 6.42. The molecule has 0 atom stereocenters. The summed E-state index contributed by atoms with van der Waals surface area (Å²) in [5.41, 5.74) is 1.19. The average Bonchev–Trinajstić information content (AvgIpc) is 2.30. The van der Waals surface area contributed by atoms with Gasteiger partial charge in [0.2, 0.25) is 5.88 Å². The standard InChI is InChI=1S/C10H15N3O/c1-14-10-8-9(2-3-12-10)13-6-4-11-5-7-13/h2-3,8,11H,4-7H2,1H3. The van der Waals surface area contributed by atoms with Crippen molar-refractivity contribution in [1.29, 1.82) is 0 Å². The summed E-state index contributed by atoms with van der Waals surface area (Å²) in [6, 6.07) is 4.00.